The van der Waals surface area contributed by atoms with Crippen LogP contribution in [0.3, 0.4) is 0 Å². The molecule has 1 saturated heterocycles. The number of hydrogen-bond acceptors (Lipinski definition) is 3. The molecule has 1 rings (SSSR count). The van der Waals surface area contributed by atoms with Gasteiger partial charge in [-0.25, -0.2) is 0 Å². The Morgan fingerprint density at radius 3 is 2.50 bits per heavy atom. The highest BCUT2D eigenvalue weighted by Crippen LogP contribution is 2.16. The van der Waals surface area contributed by atoms with E-state index in [1.165, 1.54) is 19.5 Å². The van der Waals surface area contributed by atoms with Gasteiger partial charge in [-0.1, -0.05) is 13.8 Å². The van der Waals surface area contributed by atoms with Crippen LogP contribution in [0.15, 0.2) is 0 Å². The van der Waals surface area contributed by atoms with E-state index in [1.807, 2.05) is 0 Å². The van der Waals surface area contributed by atoms with Crippen molar-refractivity contribution in [2.24, 2.45) is 5.41 Å². The van der Waals surface area contributed by atoms with Crippen LogP contribution in [-0.4, -0.2) is 61.3 Å². The van der Waals surface area contributed by atoms with Crippen molar-refractivity contribution in [1.29, 1.82) is 0 Å². The van der Waals surface area contributed by atoms with Gasteiger partial charge >= 0.3 is 0 Å². The summed E-state index contributed by atoms with van der Waals surface area (Å²) >= 11 is 0. The van der Waals surface area contributed by atoms with Crippen LogP contribution < -0.4 is 0 Å². The first-order chi connectivity index (χ1) is 6.53. The number of nitrogens with zero attached hydrogens (tertiary/aromatic N) is 2. The molecule has 1 fully saturated rings. The van der Waals surface area contributed by atoms with Crippen LogP contribution in [0.1, 0.15) is 20.3 Å². The molecule has 1 aliphatic heterocycles. The summed E-state index contributed by atoms with van der Waals surface area (Å²) in [7, 11) is 2.18. The van der Waals surface area contributed by atoms with Gasteiger partial charge in [0.15, 0.2) is 0 Å². The zero-order valence-corrected chi connectivity index (χ0v) is 9.79. The lowest BCUT2D eigenvalue weighted by atomic mass is 9.94. The molecule has 1 N–H and O–H groups in total. The predicted molar refractivity (Wildman–Crippen MR) is 59.4 cm³/mol. The fourth-order valence-corrected chi connectivity index (χ4v) is 1.91. The first-order valence-corrected chi connectivity index (χ1v) is 5.55. The first-order valence-electron chi connectivity index (χ1n) is 5.55. The van der Waals surface area contributed by atoms with Crippen molar-refractivity contribution in [1.82, 2.24) is 9.80 Å². The normalized spacial score (nSPS) is 22.3. The van der Waals surface area contributed by atoms with Gasteiger partial charge in [0.2, 0.25) is 0 Å². The van der Waals surface area contributed by atoms with Crippen LogP contribution in [0.2, 0.25) is 0 Å². The molecule has 0 atom stereocenters. The van der Waals surface area contributed by atoms with Crippen molar-refractivity contribution in [2.75, 3.05) is 46.4 Å². The standard InChI is InChI=1S/C11H24N2O/c1-11(2,10-14)9-13-6-4-5-12(3)7-8-13/h14H,4-10H2,1-3H3. The topological polar surface area (TPSA) is 26.7 Å². The molecule has 0 unspecified atom stereocenters. The van der Waals surface area contributed by atoms with E-state index in [-0.39, 0.29) is 12.0 Å². The molecule has 0 bridgehead atoms. The van der Waals surface area contributed by atoms with Crippen molar-refractivity contribution in [3.63, 3.8) is 0 Å². The van der Waals surface area contributed by atoms with Gasteiger partial charge in [0.25, 0.3) is 0 Å². The fraction of sp³-hybridized carbons (Fsp3) is 1.00. The summed E-state index contributed by atoms with van der Waals surface area (Å²) in [5.74, 6) is 0. The molecule has 14 heavy (non-hydrogen) atoms. The van der Waals surface area contributed by atoms with E-state index >= 15 is 0 Å². The van der Waals surface area contributed by atoms with Gasteiger partial charge in [0.1, 0.15) is 0 Å². The second-order valence-corrected chi connectivity index (χ2v) is 5.26. The van der Waals surface area contributed by atoms with E-state index < -0.39 is 0 Å². The van der Waals surface area contributed by atoms with Crippen molar-refractivity contribution >= 4 is 0 Å². The lowest BCUT2D eigenvalue weighted by molar-refractivity contribution is 0.105. The highest BCUT2D eigenvalue weighted by Gasteiger charge is 2.22. The summed E-state index contributed by atoms with van der Waals surface area (Å²) in [6.45, 7) is 10.2. The van der Waals surface area contributed by atoms with Gasteiger partial charge in [0, 0.05) is 31.7 Å². The third kappa shape index (κ3) is 3.95. The van der Waals surface area contributed by atoms with Crippen LogP contribution in [0.4, 0.5) is 0 Å². The quantitative estimate of drug-likeness (QED) is 0.724. The van der Waals surface area contributed by atoms with Crippen LogP contribution in [0.25, 0.3) is 0 Å². The van der Waals surface area contributed by atoms with Gasteiger partial charge in [-0.05, 0) is 26.6 Å². The monoisotopic (exact) mass is 200 g/mol. The maximum Gasteiger partial charge on any atom is 0.0494 e. The maximum absolute atomic E-state index is 9.21. The zero-order chi connectivity index (χ0) is 10.6. The summed E-state index contributed by atoms with van der Waals surface area (Å²) in [6.07, 6.45) is 1.25. The Hall–Kier alpha value is -0.120. The Morgan fingerprint density at radius 2 is 1.86 bits per heavy atom. The summed E-state index contributed by atoms with van der Waals surface area (Å²) in [6, 6.07) is 0. The van der Waals surface area contributed by atoms with Gasteiger partial charge in [-0.15, -0.1) is 0 Å². The van der Waals surface area contributed by atoms with Gasteiger partial charge in [-0.2, -0.15) is 0 Å². The second-order valence-electron chi connectivity index (χ2n) is 5.26. The number of aliphatic hydroxyl groups is 1. The third-order valence-corrected chi connectivity index (χ3v) is 2.89. The SMILES string of the molecule is CN1CCCN(CC(C)(C)CO)CC1. The van der Waals surface area contributed by atoms with E-state index in [4.69, 9.17) is 0 Å². The zero-order valence-electron chi connectivity index (χ0n) is 9.79. The molecule has 3 heteroatoms. The summed E-state index contributed by atoms with van der Waals surface area (Å²) in [5, 5.41) is 9.21. The Balaban J connectivity index is 2.37. The highest BCUT2D eigenvalue weighted by atomic mass is 16.3. The second kappa shape index (κ2) is 5.10. The third-order valence-electron chi connectivity index (χ3n) is 2.89. The smallest absolute Gasteiger partial charge is 0.0494 e. The molecule has 3 nitrogen and oxygen atoms in total. The predicted octanol–water partition coefficient (Wildman–Crippen LogP) is 0.642. The van der Waals surface area contributed by atoms with Crippen LogP contribution in [0, 0.1) is 5.41 Å². The van der Waals surface area contributed by atoms with Crippen molar-refractivity contribution in [3.8, 4) is 0 Å². The van der Waals surface area contributed by atoms with Crippen molar-refractivity contribution in [3.05, 3.63) is 0 Å². The average Bonchev–Trinajstić information content (AvgIpc) is 2.31. The van der Waals surface area contributed by atoms with Crippen LogP contribution in [-0.2, 0) is 0 Å². The Labute approximate surface area is 87.7 Å². The molecule has 0 aliphatic carbocycles. The summed E-state index contributed by atoms with van der Waals surface area (Å²) < 4.78 is 0. The largest absolute Gasteiger partial charge is 0.396 e. The molecule has 0 saturated carbocycles. The number of hydrogen-bond donors (Lipinski definition) is 1. The number of aliphatic hydroxyl groups excluding tert-OH is 1. The van der Waals surface area contributed by atoms with Crippen LogP contribution in [0.5, 0.6) is 0 Å². The van der Waals surface area contributed by atoms with Crippen molar-refractivity contribution in [2.45, 2.75) is 20.3 Å². The lowest BCUT2D eigenvalue weighted by Gasteiger charge is -2.30. The molecule has 0 spiro atoms. The summed E-state index contributed by atoms with van der Waals surface area (Å²) in [4.78, 5) is 4.85. The number of rotatable bonds is 3. The van der Waals surface area contributed by atoms with E-state index in [0.29, 0.717) is 0 Å². The van der Waals surface area contributed by atoms with Gasteiger partial charge < -0.3 is 14.9 Å². The first kappa shape index (κ1) is 12.0. The van der Waals surface area contributed by atoms with Crippen molar-refractivity contribution < 1.29 is 5.11 Å². The minimum absolute atomic E-state index is 0.0446. The number of likely N-dealkylation sites (N-methyl/N-ethyl adjacent to an activating group) is 1. The molecule has 0 aromatic heterocycles. The molecular weight excluding hydrogens is 176 g/mol. The Bertz CT molecular complexity index is 171. The molecule has 84 valence electrons. The lowest BCUT2D eigenvalue weighted by Crippen LogP contribution is -2.38. The minimum Gasteiger partial charge on any atom is -0.396 e. The van der Waals surface area contributed by atoms with Gasteiger partial charge in [0.05, 0.1) is 0 Å². The molecule has 0 amide bonds. The van der Waals surface area contributed by atoms with Gasteiger partial charge in [-0.3, -0.25) is 0 Å². The summed E-state index contributed by atoms with van der Waals surface area (Å²) in [5.41, 5.74) is 0.0446. The van der Waals surface area contributed by atoms with E-state index in [9.17, 15) is 5.11 Å². The highest BCUT2D eigenvalue weighted by molar-refractivity contribution is 4.75. The fourth-order valence-electron chi connectivity index (χ4n) is 1.91. The Kier molecular flexibility index (Phi) is 4.35. The molecule has 0 aromatic rings. The van der Waals surface area contributed by atoms with Crippen LogP contribution >= 0.6 is 0 Å². The maximum atomic E-state index is 9.21. The Morgan fingerprint density at radius 1 is 1.14 bits per heavy atom. The average molecular weight is 200 g/mol. The van der Waals surface area contributed by atoms with E-state index in [0.717, 1.165) is 19.6 Å². The molecule has 0 radical (unpaired) electrons. The van der Waals surface area contributed by atoms with E-state index in [1.54, 1.807) is 0 Å². The minimum atomic E-state index is 0.0446. The molecule has 1 aliphatic rings. The molecule has 1 heterocycles. The molecular formula is C11H24N2O. The molecule has 0 aromatic carbocycles. The van der Waals surface area contributed by atoms with E-state index in [2.05, 4.69) is 30.7 Å².